The Morgan fingerprint density at radius 3 is 2.89 bits per heavy atom. The van der Waals surface area contributed by atoms with Crippen molar-refractivity contribution in [3.05, 3.63) is 53.9 Å². The summed E-state index contributed by atoms with van der Waals surface area (Å²) in [6.07, 6.45) is 3.94. The average Bonchev–Trinajstić information content (AvgIpc) is 2.74. The summed E-state index contributed by atoms with van der Waals surface area (Å²) in [5, 5.41) is 2.99. The lowest BCUT2D eigenvalue weighted by Crippen LogP contribution is -2.41. The molecule has 1 N–H and O–H groups in total. The van der Waals surface area contributed by atoms with Crippen LogP contribution in [0.5, 0.6) is 0 Å². The van der Waals surface area contributed by atoms with Crippen molar-refractivity contribution in [3.63, 3.8) is 0 Å². The number of morpholine rings is 1. The summed E-state index contributed by atoms with van der Waals surface area (Å²) in [6.45, 7) is 5.82. The van der Waals surface area contributed by atoms with Gasteiger partial charge in [-0.05, 0) is 36.6 Å². The third-order valence-corrected chi connectivity index (χ3v) is 5.22. The first-order valence-electron chi connectivity index (χ1n) is 9.71. The number of anilines is 2. The minimum Gasteiger partial charge on any atom is -0.379 e. The van der Waals surface area contributed by atoms with Crippen molar-refractivity contribution in [2.75, 3.05) is 50.8 Å². The fourth-order valence-electron chi connectivity index (χ4n) is 3.76. The summed E-state index contributed by atoms with van der Waals surface area (Å²) >= 11 is 0. The summed E-state index contributed by atoms with van der Waals surface area (Å²) in [5.74, 6) is -0.115. The molecule has 0 aliphatic carbocycles. The second-order valence-corrected chi connectivity index (χ2v) is 6.99. The monoisotopic (exact) mass is 366 g/mol. The second-order valence-electron chi connectivity index (χ2n) is 6.99. The number of rotatable bonds is 5. The Kier molecular flexibility index (Phi) is 5.65. The fourth-order valence-corrected chi connectivity index (χ4v) is 3.76. The van der Waals surface area contributed by atoms with Gasteiger partial charge in [-0.1, -0.05) is 18.2 Å². The number of fused-ring (bicyclic) bond motifs is 1. The molecule has 1 saturated heterocycles. The summed E-state index contributed by atoms with van der Waals surface area (Å²) in [6, 6.07) is 12.4. The van der Waals surface area contributed by atoms with Gasteiger partial charge in [0.1, 0.15) is 5.69 Å². The number of aromatic nitrogens is 1. The molecule has 6 heteroatoms. The first kappa shape index (κ1) is 17.9. The van der Waals surface area contributed by atoms with E-state index in [2.05, 4.69) is 44.4 Å². The van der Waals surface area contributed by atoms with Crippen molar-refractivity contribution in [3.8, 4) is 0 Å². The molecule has 1 aromatic heterocycles. The van der Waals surface area contributed by atoms with Crippen LogP contribution in [0.1, 0.15) is 22.5 Å². The SMILES string of the molecule is O=C(NCCN1CCOCC1)c1cc(N2CCCc3ccccc32)ccn1. The maximum atomic E-state index is 12.5. The van der Waals surface area contributed by atoms with Crippen LogP contribution in [0.3, 0.4) is 0 Å². The number of benzene rings is 1. The second kappa shape index (κ2) is 8.50. The molecule has 0 atom stereocenters. The first-order valence-corrected chi connectivity index (χ1v) is 9.71. The number of hydrogen-bond donors (Lipinski definition) is 1. The van der Waals surface area contributed by atoms with Crippen molar-refractivity contribution < 1.29 is 9.53 Å². The highest BCUT2D eigenvalue weighted by atomic mass is 16.5. The Balaban J connectivity index is 1.41. The molecule has 2 aromatic rings. The predicted octanol–water partition coefficient (Wildman–Crippen LogP) is 2.23. The Hall–Kier alpha value is -2.44. The van der Waals surface area contributed by atoms with E-state index >= 15 is 0 Å². The molecule has 6 nitrogen and oxygen atoms in total. The topological polar surface area (TPSA) is 57.7 Å². The molecule has 0 bridgehead atoms. The standard InChI is InChI=1S/C21H26N4O2/c26-21(23-9-11-24-12-14-27-15-13-24)19-16-18(7-8-22-19)25-10-3-5-17-4-1-2-6-20(17)25/h1-2,4,6-8,16H,3,5,9-15H2,(H,23,26). The minimum atomic E-state index is -0.115. The van der Waals surface area contributed by atoms with Crippen molar-refractivity contribution >= 4 is 17.3 Å². The van der Waals surface area contributed by atoms with E-state index in [-0.39, 0.29) is 5.91 Å². The molecule has 2 aliphatic heterocycles. The molecule has 1 aromatic carbocycles. The summed E-state index contributed by atoms with van der Waals surface area (Å²) in [5.41, 5.74) is 4.08. The van der Waals surface area contributed by atoms with E-state index < -0.39 is 0 Å². The van der Waals surface area contributed by atoms with E-state index in [9.17, 15) is 4.79 Å². The molecule has 142 valence electrons. The highest BCUT2D eigenvalue weighted by molar-refractivity contribution is 5.93. The highest BCUT2D eigenvalue weighted by Gasteiger charge is 2.19. The zero-order valence-corrected chi connectivity index (χ0v) is 15.6. The van der Waals surface area contributed by atoms with Gasteiger partial charge < -0.3 is 15.0 Å². The lowest BCUT2D eigenvalue weighted by molar-refractivity contribution is 0.0383. The quantitative estimate of drug-likeness (QED) is 0.879. The van der Waals surface area contributed by atoms with Crippen molar-refractivity contribution in [1.82, 2.24) is 15.2 Å². The fraction of sp³-hybridized carbons (Fsp3) is 0.429. The smallest absolute Gasteiger partial charge is 0.269 e. The zero-order valence-electron chi connectivity index (χ0n) is 15.6. The van der Waals surface area contributed by atoms with Gasteiger partial charge in [0.2, 0.25) is 0 Å². The van der Waals surface area contributed by atoms with Gasteiger partial charge in [0.25, 0.3) is 5.91 Å². The molecule has 3 heterocycles. The third-order valence-electron chi connectivity index (χ3n) is 5.22. The molecule has 27 heavy (non-hydrogen) atoms. The lowest BCUT2D eigenvalue weighted by Gasteiger charge is -2.31. The van der Waals surface area contributed by atoms with Gasteiger partial charge in [0.15, 0.2) is 0 Å². The van der Waals surface area contributed by atoms with E-state index in [4.69, 9.17) is 4.74 Å². The van der Waals surface area contributed by atoms with Crippen LogP contribution in [0, 0.1) is 0 Å². The summed E-state index contributed by atoms with van der Waals surface area (Å²) in [4.78, 5) is 21.4. The Bertz CT molecular complexity index is 789. The van der Waals surface area contributed by atoms with E-state index in [1.807, 2.05) is 12.1 Å². The normalized spacial score (nSPS) is 17.4. The summed E-state index contributed by atoms with van der Waals surface area (Å²) < 4.78 is 5.35. The van der Waals surface area contributed by atoms with Crippen molar-refractivity contribution in [2.45, 2.75) is 12.8 Å². The Labute approximate surface area is 160 Å². The molecule has 0 radical (unpaired) electrons. The number of aryl methyl sites for hydroxylation is 1. The van der Waals surface area contributed by atoms with E-state index in [0.29, 0.717) is 12.2 Å². The molecule has 1 fully saturated rings. The lowest BCUT2D eigenvalue weighted by atomic mass is 10.0. The number of carbonyl (C=O) groups is 1. The van der Waals surface area contributed by atoms with Gasteiger partial charge in [-0.2, -0.15) is 0 Å². The Morgan fingerprint density at radius 2 is 2.00 bits per heavy atom. The van der Waals surface area contributed by atoms with Crippen LogP contribution in [0.2, 0.25) is 0 Å². The van der Waals surface area contributed by atoms with Crippen LogP contribution in [-0.4, -0.2) is 61.7 Å². The maximum Gasteiger partial charge on any atom is 0.269 e. The molecular weight excluding hydrogens is 340 g/mol. The summed E-state index contributed by atoms with van der Waals surface area (Å²) in [7, 11) is 0. The molecular formula is C21H26N4O2. The molecule has 4 rings (SSSR count). The van der Waals surface area contributed by atoms with Gasteiger partial charge in [0.05, 0.1) is 13.2 Å². The maximum absolute atomic E-state index is 12.5. The van der Waals surface area contributed by atoms with Crippen molar-refractivity contribution in [2.24, 2.45) is 0 Å². The molecule has 0 unspecified atom stereocenters. The number of amides is 1. The molecule has 0 spiro atoms. The Morgan fingerprint density at radius 1 is 1.15 bits per heavy atom. The average molecular weight is 366 g/mol. The van der Waals surface area contributed by atoms with Crippen LogP contribution in [0.25, 0.3) is 0 Å². The molecule has 0 saturated carbocycles. The van der Waals surface area contributed by atoms with Crippen molar-refractivity contribution in [1.29, 1.82) is 0 Å². The number of para-hydroxylation sites is 1. The number of hydrogen-bond acceptors (Lipinski definition) is 5. The van der Waals surface area contributed by atoms with Crippen LogP contribution < -0.4 is 10.2 Å². The molecule has 2 aliphatic rings. The molecule has 1 amide bonds. The number of nitrogens with one attached hydrogen (secondary N) is 1. The zero-order chi connectivity index (χ0) is 18.5. The van der Waals surface area contributed by atoms with E-state index in [1.54, 1.807) is 6.20 Å². The van der Waals surface area contributed by atoms with E-state index in [1.165, 1.54) is 11.3 Å². The first-order chi connectivity index (χ1) is 13.3. The number of carbonyl (C=O) groups excluding carboxylic acids is 1. The van der Waals surface area contributed by atoms with Crippen LogP contribution in [-0.2, 0) is 11.2 Å². The van der Waals surface area contributed by atoms with Crippen LogP contribution in [0.15, 0.2) is 42.6 Å². The predicted molar refractivity (Wildman–Crippen MR) is 106 cm³/mol. The van der Waals surface area contributed by atoms with Gasteiger partial charge in [-0.25, -0.2) is 0 Å². The highest BCUT2D eigenvalue weighted by Crippen LogP contribution is 2.33. The largest absolute Gasteiger partial charge is 0.379 e. The van der Waals surface area contributed by atoms with Crippen LogP contribution >= 0.6 is 0 Å². The third kappa shape index (κ3) is 4.28. The van der Waals surface area contributed by atoms with E-state index in [0.717, 1.165) is 57.9 Å². The van der Waals surface area contributed by atoms with Gasteiger partial charge in [-0.3, -0.25) is 14.7 Å². The minimum absolute atomic E-state index is 0.115. The number of ether oxygens (including phenoxy) is 1. The van der Waals surface area contributed by atoms with Gasteiger partial charge in [0, 0.05) is 50.3 Å². The number of nitrogens with zero attached hydrogens (tertiary/aromatic N) is 3. The van der Waals surface area contributed by atoms with Gasteiger partial charge >= 0.3 is 0 Å². The van der Waals surface area contributed by atoms with Crippen LogP contribution in [0.4, 0.5) is 11.4 Å². The van der Waals surface area contributed by atoms with Gasteiger partial charge in [-0.15, -0.1) is 0 Å². The number of pyridine rings is 1.